The molecule has 0 fully saturated rings. The van der Waals surface area contributed by atoms with Crippen LogP contribution in [-0.2, 0) is 0 Å². The average molecular weight is 196 g/mol. The number of aromatic nitrogens is 2. The summed E-state index contributed by atoms with van der Waals surface area (Å²) in [5, 5.41) is 2.86. The highest BCUT2D eigenvalue weighted by atomic mass is 16.5. The summed E-state index contributed by atoms with van der Waals surface area (Å²) in [6, 6.07) is 0.311. The van der Waals surface area contributed by atoms with Gasteiger partial charge in [0.15, 0.2) is 0 Å². The van der Waals surface area contributed by atoms with Crippen LogP contribution in [0, 0.1) is 0 Å². The lowest BCUT2D eigenvalue weighted by Crippen LogP contribution is -2.36. The Bertz CT molecular complexity index is 308. The molecule has 0 aliphatic rings. The third kappa shape index (κ3) is 2.56. The van der Waals surface area contributed by atoms with Gasteiger partial charge in [-0.2, -0.15) is 0 Å². The van der Waals surface area contributed by atoms with E-state index in [0.29, 0.717) is 17.7 Å². The van der Waals surface area contributed by atoms with Crippen molar-refractivity contribution in [2.75, 3.05) is 19.5 Å². The first kappa shape index (κ1) is 10.2. The lowest BCUT2D eigenvalue weighted by molar-refractivity contribution is 0.380. The standard InChI is InChI=1S/C7H12N6O/c1-9-6(13-8)12-5-3-10-7(14-2)11-4-5/h3-4H,8H2,1-2H3,(H2,9,12,13). The van der Waals surface area contributed by atoms with Crippen LogP contribution in [0.3, 0.4) is 0 Å². The summed E-state index contributed by atoms with van der Waals surface area (Å²) < 4.78 is 4.81. The van der Waals surface area contributed by atoms with Gasteiger partial charge in [0.1, 0.15) is 0 Å². The summed E-state index contributed by atoms with van der Waals surface area (Å²) in [6.07, 6.45) is 3.13. The Labute approximate surface area is 81.4 Å². The van der Waals surface area contributed by atoms with Crippen molar-refractivity contribution in [2.24, 2.45) is 10.8 Å². The van der Waals surface area contributed by atoms with Gasteiger partial charge in [-0.3, -0.25) is 10.4 Å². The molecular formula is C7H12N6O. The second kappa shape index (κ2) is 4.97. The molecule has 0 atom stereocenters. The molecule has 1 rings (SSSR count). The Hall–Kier alpha value is -1.89. The van der Waals surface area contributed by atoms with Crippen LogP contribution < -0.4 is 21.3 Å². The fourth-order valence-corrected chi connectivity index (χ4v) is 0.779. The van der Waals surface area contributed by atoms with Crippen LogP contribution in [0.2, 0.25) is 0 Å². The topological polar surface area (TPSA) is 97.5 Å². The Morgan fingerprint density at radius 1 is 1.50 bits per heavy atom. The van der Waals surface area contributed by atoms with Gasteiger partial charge in [-0.15, -0.1) is 0 Å². The maximum Gasteiger partial charge on any atom is 0.316 e. The van der Waals surface area contributed by atoms with Gasteiger partial charge in [0.25, 0.3) is 0 Å². The SMILES string of the molecule is CN=C(NN)Nc1cnc(OC)nc1. The quantitative estimate of drug-likeness (QED) is 0.251. The highest BCUT2D eigenvalue weighted by Crippen LogP contribution is 2.05. The number of ether oxygens (including phenoxy) is 1. The van der Waals surface area contributed by atoms with E-state index in [2.05, 4.69) is 25.7 Å². The Morgan fingerprint density at radius 2 is 2.14 bits per heavy atom. The van der Waals surface area contributed by atoms with Crippen molar-refractivity contribution in [1.82, 2.24) is 15.4 Å². The minimum Gasteiger partial charge on any atom is -0.467 e. The number of guanidine groups is 1. The summed E-state index contributed by atoms with van der Waals surface area (Å²) in [5.41, 5.74) is 3.05. The summed E-state index contributed by atoms with van der Waals surface area (Å²) in [5.74, 6) is 5.61. The van der Waals surface area contributed by atoms with E-state index >= 15 is 0 Å². The number of hydrogen-bond acceptors (Lipinski definition) is 5. The first-order valence-corrected chi connectivity index (χ1v) is 3.86. The van der Waals surface area contributed by atoms with Crippen molar-refractivity contribution in [1.29, 1.82) is 0 Å². The van der Waals surface area contributed by atoms with Crippen LogP contribution in [0.5, 0.6) is 6.01 Å². The van der Waals surface area contributed by atoms with Gasteiger partial charge < -0.3 is 10.1 Å². The zero-order valence-electron chi connectivity index (χ0n) is 7.98. The third-order valence-electron chi connectivity index (χ3n) is 1.43. The number of nitrogens with zero attached hydrogens (tertiary/aromatic N) is 3. The van der Waals surface area contributed by atoms with Gasteiger partial charge in [0.05, 0.1) is 25.2 Å². The summed E-state index contributed by atoms with van der Waals surface area (Å²) >= 11 is 0. The molecule has 0 unspecified atom stereocenters. The van der Waals surface area contributed by atoms with E-state index in [-0.39, 0.29) is 0 Å². The molecule has 14 heavy (non-hydrogen) atoms. The first-order valence-electron chi connectivity index (χ1n) is 3.86. The predicted molar refractivity (Wildman–Crippen MR) is 52.9 cm³/mol. The summed E-state index contributed by atoms with van der Waals surface area (Å²) in [6.45, 7) is 0. The van der Waals surface area contributed by atoms with Gasteiger partial charge in [0, 0.05) is 7.05 Å². The molecule has 0 aliphatic heterocycles. The number of hydrazine groups is 1. The molecule has 4 N–H and O–H groups in total. The lowest BCUT2D eigenvalue weighted by Gasteiger charge is -2.07. The Balaban J connectivity index is 2.68. The number of hydrogen-bond donors (Lipinski definition) is 3. The number of rotatable bonds is 2. The molecule has 7 nitrogen and oxygen atoms in total. The summed E-state index contributed by atoms with van der Waals surface area (Å²) in [7, 11) is 3.11. The molecule has 1 aromatic heterocycles. The Kier molecular flexibility index (Phi) is 3.62. The highest BCUT2D eigenvalue weighted by Gasteiger charge is 1.98. The average Bonchev–Trinajstić information content (AvgIpc) is 2.26. The second-order valence-corrected chi connectivity index (χ2v) is 2.30. The van der Waals surface area contributed by atoms with E-state index in [1.165, 1.54) is 7.11 Å². The second-order valence-electron chi connectivity index (χ2n) is 2.30. The van der Waals surface area contributed by atoms with Gasteiger partial charge in [-0.05, 0) is 0 Å². The zero-order valence-corrected chi connectivity index (χ0v) is 7.98. The van der Waals surface area contributed by atoms with Crippen LogP contribution in [0.15, 0.2) is 17.4 Å². The maximum absolute atomic E-state index is 5.18. The fraction of sp³-hybridized carbons (Fsp3) is 0.286. The predicted octanol–water partition coefficient (Wildman–Crippen LogP) is -0.654. The van der Waals surface area contributed by atoms with Gasteiger partial charge in [0.2, 0.25) is 5.96 Å². The maximum atomic E-state index is 5.18. The molecule has 0 spiro atoms. The van der Waals surface area contributed by atoms with E-state index in [4.69, 9.17) is 10.6 Å². The van der Waals surface area contributed by atoms with Crippen LogP contribution in [0.25, 0.3) is 0 Å². The van der Waals surface area contributed by atoms with Crippen molar-refractivity contribution < 1.29 is 4.74 Å². The zero-order chi connectivity index (χ0) is 10.4. The molecule has 0 saturated carbocycles. The number of anilines is 1. The van der Waals surface area contributed by atoms with Crippen LogP contribution in [0.1, 0.15) is 0 Å². The molecular weight excluding hydrogens is 184 g/mol. The lowest BCUT2D eigenvalue weighted by atomic mass is 10.5. The van der Waals surface area contributed by atoms with Gasteiger partial charge in [-0.1, -0.05) is 0 Å². The van der Waals surface area contributed by atoms with Crippen LogP contribution in [-0.4, -0.2) is 30.1 Å². The van der Waals surface area contributed by atoms with Gasteiger partial charge >= 0.3 is 6.01 Å². The molecule has 1 aromatic rings. The van der Waals surface area contributed by atoms with E-state index in [1.807, 2.05) is 0 Å². The van der Waals surface area contributed by atoms with Crippen LogP contribution in [0.4, 0.5) is 5.69 Å². The number of aliphatic imine (C=N–C) groups is 1. The minimum atomic E-state index is 0.311. The number of methoxy groups -OCH3 is 1. The molecule has 76 valence electrons. The molecule has 0 radical (unpaired) electrons. The van der Waals surface area contributed by atoms with Crippen molar-refractivity contribution >= 4 is 11.6 Å². The first-order chi connectivity index (χ1) is 6.80. The molecule has 0 amide bonds. The van der Waals surface area contributed by atoms with E-state index in [9.17, 15) is 0 Å². The largest absolute Gasteiger partial charge is 0.467 e. The molecule has 0 bridgehead atoms. The molecule has 7 heteroatoms. The number of nitrogens with two attached hydrogens (primary N) is 1. The number of nitrogens with one attached hydrogen (secondary N) is 2. The highest BCUT2D eigenvalue weighted by molar-refractivity contribution is 5.92. The molecule has 1 heterocycles. The van der Waals surface area contributed by atoms with E-state index in [0.717, 1.165) is 0 Å². The minimum absolute atomic E-state index is 0.311. The van der Waals surface area contributed by atoms with Crippen molar-refractivity contribution in [3.8, 4) is 6.01 Å². The van der Waals surface area contributed by atoms with E-state index in [1.54, 1.807) is 19.4 Å². The van der Waals surface area contributed by atoms with E-state index < -0.39 is 0 Å². The van der Waals surface area contributed by atoms with Crippen molar-refractivity contribution in [3.63, 3.8) is 0 Å². The summed E-state index contributed by atoms with van der Waals surface area (Å²) in [4.78, 5) is 11.6. The molecule has 0 aliphatic carbocycles. The smallest absolute Gasteiger partial charge is 0.316 e. The third-order valence-corrected chi connectivity index (χ3v) is 1.43. The normalized spacial score (nSPS) is 10.9. The molecule has 0 saturated heterocycles. The van der Waals surface area contributed by atoms with Crippen LogP contribution >= 0.6 is 0 Å². The van der Waals surface area contributed by atoms with Crippen molar-refractivity contribution in [3.05, 3.63) is 12.4 Å². The van der Waals surface area contributed by atoms with Gasteiger partial charge in [-0.25, -0.2) is 15.8 Å². The fourth-order valence-electron chi connectivity index (χ4n) is 0.779. The monoisotopic (exact) mass is 196 g/mol. The van der Waals surface area contributed by atoms with Crippen molar-refractivity contribution in [2.45, 2.75) is 0 Å². The Morgan fingerprint density at radius 3 is 2.57 bits per heavy atom. The molecule has 0 aromatic carbocycles.